The number of phenolic OH excluding ortho intramolecular Hbond substituents is 2. The number of Topliss-reactive ketones (excluding diaryl/α,β-unsaturated/α-hetero) is 1. The number of nitrogens with zero attached hydrogens (tertiary/aromatic N) is 2. The van der Waals surface area contributed by atoms with Crippen molar-refractivity contribution in [3.63, 3.8) is 0 Å². The van der Waals surface area contributed by atoms with Gasteiger partial charge in [-0.05, 0) is 31.5 Å². The zero-order valence-corrected chi connectivity index (χ0v) is 11.5. The number of ketones is 1. The lowest BCUT2D eigenvalue weighted by molar-refractivity contribution is 0.0782. The maximum Gasteiger partial charge on any atom is 0.180 e. The molecule has 0 bridgehead atoms. The Labute approximate surface area is 118 Å². The highest BCUT2D eigenvalue weighted by Gasteiger charge is 2.31. The third kappa shape index (κ3) is 2.64. The van der Waals surface area contributed by atoms with Crippen LogP contribution in [0.1, 0.15) is 23.2 Å². The molecule has 0 saturated carbocycles. The average molecular weight is 276 g/mol. The Hall–Kier alpha value is -1.59. The number of piperazine rings is 1. The molecule has 0 spiro atoms. The maximum atomic E-state index is 12.2. The normalized spacial score (nSPS) is 23.7. The minimum atomic E-state index is -0.144. The van der Waals surface area contributed by atoms with Crippen molar-refractivity contribution in [1.29, 1.82) is 0 Å². The van der Waals surface area contributed by atoms with Gasteiger partial charge in [0.25, 0.3) is 0 Å². The Morgan fingerprint density at radius 2 is 2.10 bits per heavy atom. The number of phenols is 2. The minimum Gasteiger partial charge on any atom is -0.508 e. The first kappa shape index (κ1) is 13.4. The zero-order chi connectivity index (χ0) is 14.1. The predicted molar refractivity (Wildman–Crippen MR) is 75.1 cm³/mol. The van der Waals surface area contributed by atoms with E-state index in [0.29, 0.717) is 12.6 Å². The van der Waals surface area contributed by atoms with Crippen LogP contribution in [0.2, 0.25) is 0 Å². The number of aromatic hydroxyl groups is 2. The van der Waals surface area contributed by atoms with Crippen LogP contribution in [0.15, 0.2) is 18.2 Å². The van der Waals surface area contributed by atoms with Gasteiger partial charge in [-0.3, -0.25) is 14.6 Å². The van der Waals surface area contributed by atoms with Crippen molar-refractivity contribution in [3.05, 3.63) is 23.8 Å². The van der Waals surface area contributed by atoms with Crippen molar-refractivity contribution in [3.8, 4) is 11.5 Å². The lowest BCUT2D eigenvalue weighted by Crippen LogP contribution is -2.51. The van der Waals surface area contributed by atoms with Crippen LogP contribution < -0.4 is 0 Å². The van der Waals surface area contributed by atoms with E-state index in [1.165, 1.54) is 37.6 Å². The van der Waals surface area contributed by atoms with Crippen molar-refractivity contribution >= 4 is 5.78 Å². The fourth-order valence-electron chi connectivity index (χ4n) is 3.24. The van der Waals surface area contributed by atoms with Crippen LogP contribution in [0, 0.1) is 0 Å². The standard InChI is InChI=1S/C15H20N2O3/c18-12-3-4-13(14(19)8-12)15(20)10-16-6-7-17-5-1-2-11(17)9-16/h3-4,8,11,18-19H,1-2,5-7,9-10H2. The van der Waals surface area contributed by atoms with E-state index in [0.717, 1.165) is 19.6 Å². The molecule has 108 valence electrons. The van der Waals surface area contributed by atoms with Crippen LogP contribution in [-0.4, -0.2) is 64.6 Å². The summed E-state index contributed by atoms with van der Waals surface area (Å²) in [5.41, 5.74) is 0.289. The molecule has 0 aliphatic carbocycles. The number of fused-ring (bicyclic) bond motifs is 1. The Morgan fingerprint density at radius 3 is 2.90 bits per heavy atom. The summed E-state index contributed by atoms with van der Waals surface area (Å²) >= 11 is 0. The summed E-state index contributed by atoms with van der Waals surface area (Å²) in [4.78, 5) is 16.9. The molecule has 0 amide bonds. The van der Waals surface area contributed by atoms with E-state index in [-0.39, 0.29) is 22.8 Å². The first-order chi connectivity index (χ1) is 9.63. The SMILES string of the molecule is O=C(CN1CCN2CCCC2C1)c1ccc(O)cc1O. The highest BCUT2D eigenvalue weighted by atomic mass is 16.3. The Morgan fingerprint density at radius 1 is 1.25 bits per heavy atom. The molecule has 1 atom stereocenters. The highest BCUT2D eigenvalue weighted by molar-refractivity contribution is 6.00. The van der Waals surface area contributed by atoms with Crippen molar-refractivity contribution in [2.24, 2.45) is 0 Å². The molecule has 0 radical (unpaired) electrons. The summed E-state index contributed by atoms with van der Waals surface area (Å²) in [6.45, 7) is 4.39. The van der Waals surface area contributed by atoms with Gasteiger partial charge in [-0.15, -0.1) is 0 Å². The zero-order valence-electron chi connectivity index (χ0n) is 11.5. The van der Waals surface area contributed by atoms with E-state index >= 15 is 0 Å². The molecule has 2 heterocycles. The Bertz CT molecular complexity index is 518. The quantitative estimate of drug-likeness (QED) is 0.808. The smallest absolute Gasteiger partial charge is 0.180 e. The lowest BCUT2D eigenvalue weighted by atomic mass is 10.1. The van der Waals surface area contributed by atoms with E-state index < -0.39 is 0 Å². The summed E-state index contributed by atoms with van der Waals surface area (Å²) in [6, 6.07) is 4.72. The summed E-state index contributed by atoms with van der Waals surface area (Å²) in [7, 11) is 0. The molecule has 20 heavy (non-hydrogen) atoms. The third-order valence-electron chi connectivity index (χ3n) is 4.32. The first-order valence-corrected chi connectivity index (χ1v) is 7.15. The van der Waals surface area contributed by atoms with E-state index in [1.807, 2.05) is 0 Å². The van der Waals surface area contributed by atoms with Crippen LogP contribution >= 0.6 is 0 Å². The van der Waals surface area contributed by atoms with Crippen LogP contribution in [0.4, 0.5) is 0 Å². The van der Waals surface area contributed by atoms with Crippen molar-refractivity contribution < 1.29 is 15.0 Å². The molecule has 2 aliphatic rings. The van der Waals surface area contributed by atoms with E-state index in [1.54, 1.807) is 0 Å². The number of benzene rings is 1. The highest BCUT2D eigenvalue weighted by Crippen LogP contribution is 2.25. The second-order valence-corrected chi connectivity index (χ2v) is 5.69. The van der Waals surface area contributed by atoms with Gasteiger partial charge >= 0.3 is 0 Å². The van der Waals surface area contributed by atoms with Gasteiger partial charge in [-0.2, -0.15) is 0 Å². The van der Waals surface area contributed by atoms with Crippen LogP contribution in [0.5, 0.6) is 11.5 Å². The predicted octanol–water partition coefficient (Wildman–Crippen LogP) is 1.06. The van der Waals surface area contributed by atoms with Gasteiger partial charge in [0.05, 0.1) is 12.1 Å². The van der Waals surface area contributed by atoms with Crippen molar-refractivity contribution in [2.45, 2.75) is 18.9 Å². The minimum absolute atomic E-state index is 0.0291. The van der Waals surface area contributed by atoms with Gasteiger partial charge in [0.1, 0.15) is 11.5 Å². The van der Waals surface area contributed by atoms with Gasteiger partial charge in [-0.25, -0.2) is 0 Å². The van der Waals surface area contributed by atoms with Crippen LogP contribution in [-0.2, 0) is 0 Å². The fourth-order valence-corrected chi connectivity index (χ4v) is 3.24. The molecule has 5 nitrogen and oxygen atoms in total. The number of carbonyl (C=O) groups excluding carboxylic acids is 1. The molecule has 3 rings (SSSR count). The topological polar surface area (TPSA) is 64.0 Å². The van der Waals surface area contributed by atoms with Gasteiger partial charge in [0.15, 0.2) is 5.78 Å². The molecule has 2 N–H and O–H groups in total. The van der Waals surface area contributed by atoms with Crippen molar-refractivity contribution in [1.82, 2.24) is 9.80 Å². The molecule has 1 aromatic rings. The Balaban J connectivity index is 1.64. The second-order valence-electron chi connectivity index (χ2n) is 5.69. The van der Waals surface area contributed by atoms with Gasteiger partial charge < -0.3 is 10.2 Å². The molecule has 5 heteroatoms. The van der Waals surface area contributed by atoms with Crippen molar-refractivity contribution in [2.75, 3.05) is 32.7 Å². The van der Waals surface area contributed by atoms with Gasteiger partial charge in [0, 0.05) is 31.7 Å². The summed E-state index contributed by atoms with van der Waals surface area (Å²) in [5, 5.41) is 19.0. The first-order valence-electron chi connectivity index (χ1n) is 7.15. The second kappa shape index (κ2) is 5.42. The molecular formula is C15H20N2O3. The number of rotatable bonds is 3. The van der Waals surface area contributed by atoms with Crippen LogP contribution in [0.25, 0.3) is 0 Å². The molecule has 1 aromatic carbocycles. The fraction of sp³-hybridized carbons (Fsp3) is 0.533. The molecule has 2 fully saturated rings. The van der Waals surface area contributed by atoms with E-state index in [2.05, 4.69) is 9.80 Å². The van der Waals surface area contributed by atoms with Gasteiger partial charge in [0.2, 0.25) is 0 Å². The third-order valence-corrected chi connectivity index (χ3v) is 4.32. The largest absolute Gasteiger partial charge is 0.508 e. The van der Waals surface area contributed by atoms with Gasteiger partial charge in [-0.1, -0.05) is 0 Å². The Kier molecular flexibility index (Phi) is 3.63. The molecule has 2 aliphatic heterocycles. The molecule has 1 unspecified atom stereocenters. The number of carbonyl (C=O) groups is 1. The van der Waals surface area contributed by atoms with E-state index in [9.17, 15) is 15.0 Å². The number of hydrogen-bond donors (Lipinski definition) is 2. The van der Waals surface area contributed by atoms with Crippen LogP contribution in [0.3, 0.4) is 0 Å². The molecule has 0 aromatic heterocycles. The summed E-state index contributed by atoms with van der Waals surface area (Å²) in [5.74, 6) is -0.262. The molecule has 2 saturated heterocycles. The van der Waals surface area contributed by atoms with E-state index in [4.69, 9.17) is 0 Å². The summed E-state index contributed by atoms with van der Waals surface area (Å²) in [6.07, 6.45) is 2.47. The average Bonchev–Trinajstić information content (AvgIpc) is 2.85. The monoisotopic (exact) mass is 276 g/mol. The number of hydrogen-bond acceptors (Lipinski definition) is 5. The summed E-state index contributed by atoms with van der Waals surface area (Å²) < 4.78 is 0. The molecular weight excluding hydrogens is 256 g/mol. The lowest BCUT2D eigenvalue weighted by Gasteiger charge is -2.37. The maximum absolute atomic E-state index is 12.2.